The average Bonchev–Trinajstić information content (AvgIpc) is 2.50. The summed E-state index contributed by atoms with van der Waals surface area (Å²) in [7, 11) is 0.914. The third-order valence-electron chi connectivity index (χ3n) is 4.04. The molecule has 6 nitrogen and oxygen atoms in total. The van der Waals surface area contributed by atoms with Crippen LogP contribution in [-0.2, 0) is 15.5 Å². The van der Waals surface area contributed by atoms with Gasteiger partial charge in [-0.3, -0.25) is 14.1 Å². The SMILES string of the molecule is CN=C(NCCS(=O)C(C)(C)C)NCC(C)(C)N1CCOCC1.I. The first-order valence-corrected chi connectivity index (χ1v) is 9.64. The third-order valence-corrected chi connectivity index (χ3v) is 5.98. The number of ether oxygens (including phenoxy) is 1. The summed E-state index contributed by atoms with van der Waals surface area (Å²) in [6.07, 6.45) is 0. The zero-order chi connectivity index (χ0) is 17.5. The number of guanidine groups is 1. The van der Waals surface area contributed by atoms with Gasteiger partial charge in [0.05, 0.1) is 13.2 Å². The molecule has 1 heterocycles. The second-order valence-corrected chi connectivity index (χ2v) is 9.75. The average molecular weight is 474 g/mol. The highest BCUT2D eigenvalue weighted by Crippen LogP contribution is 2.15. The number of halogens is 1. The van der Waals surface area contributed by atoms with E-state index in [1.54, 1.807) is 7.05 Å². The van der Waals surface area contributed by atoms with Crippen molar-refractivity contribution in [2.75, 3.05) is 52.2 Å². The van der Waals surface area contributed by atoms with E-state index < -0.39 is 10.8 Å². The van der Waals surface area contributed by atoms with Crippen LogP contribution >= 0.6 is 24.0 Å². The molecule has 0 saturated carbocycles. The van der Waals surface area contributed by atoms with Crippen molar-refractivity contribution < 1.29 is 8.95 Å². The molecule has 0 aromatic rings. The Kier molecular flexibility index (Phi) is 11.0. The normalized spacial score (nSPS) is 18.7. The molecule has 1 rings (SSSR count). The molecule has 0 aromatic heterocycles. The van der Waals surface area contributed by atoms with Gasteiger partial charge in [-0.1, -0.05) is 0 Å². The molecular weight excluding hydrogens is 439 g/mol. The van der Waals surface area contributed by atoms with E-state index in [2.05, 4.69) is 34.4 Å². The topological polar surface area (TPSA) is 66.0 Å². The van der Waals surface area contributed by atoms with Crippen LogP contribution in [0.4, 0.5) is 0 Å². The number of hydrogen-bond acceptors (Lipinski definition) is 4. The zero-order valence-corrected chi connectivity index (χ0v) is 19.1. The number of rotatable bonds is 6. The van der Waals surface area contributed by atoms with Gasteiger partial charge >= 0.3 is 0 Å². The quantitative estimate of drug-likeness (QED) is 0.347. The highest BCUT2D eigenvalue weighted by atomic mass is 127. The van der Waals surface area contributed by atoms with Gasteiger partial charge < -0.3 is 15.4 Å². The van der Waals surface area contributed by atoms with Crippen molar-refractivity contribution in [3.63, 3.8) is 0 Å². The van der Waals surface area contributed by atoms with E-state index in [1.807, 2.05) is 20.8 Å². The summed E-state index contributed by atoms with van der Waals surface area (Å²) in [5, 5.41) is 6.63. The largest absolute Gasteiger partial charge is 0.379 e. The van der Waals surface area contributed by atoms with Crippen molar-refractivity contribution in [2.24, 2.45) is 4.99 Å². The lowest BCUT2D eigenvalue weighted by Crippen LogP contribution is -2.56. The lowest BCUT2D eigenvalue weighted by Gasteiger charge is -2.41. The summed E-state index contributed by atoms with van der Waals surface area (Å²) in [4.78, 5) is 6.68. The van der Waals surface area contributed by atoms with Crippen molar-refractivity contribution >= 4 is 40.7 Å². The molecule has 144 valence electrons. The van der Waals surface area contributed by atoms with Gasteiger partial charge in [-0.25, -0.2) is 0 Å². The van der Waals surface area contributed by atoms with Crippen LogP contribution in [0, 0.1) is 0 Å². The van der Waals surface area contributed by atoms with Gasteiger partial charge in [-0.05, 0) is 34.6 Å². The van der Waals surface area contributed by atoms with Gasteiger partial charge in [0.2, 0.25) is 0 Å². The van der Waals surface area contributed by atoms with E-state index in [-0.39, 0.29) is 34.3 Å². The van der Waals surface area contributed by atoms with E-state index in [4.69, 9.17) is 4.74 Å². The summed E-state index contributed by atoms with van der Waals surface area (Å²) in [5.74, 6) is 1.38. The molecule has 1 aliphatic rings. The predicted octanol–water partition coefficient (Wildman–Crippen LogP) is 1.43. The maximum Gasteiger partial charge on any atom is 0.191 e. The second-order valence-electron chi connectivity index (χ2n) is 7.43. The Morgan fingerprint density at radius 2 is 1.75 bits per heavy atom. The Bertz CT molecular complexity index is 419. The molecule has 1 aliphatic heterocycles. The van der Waals surface area contributed by atoms with Crippen LogP contribution in [0.3, 0.4) is 0 Å². The minimum atomic E-state index is -0.848. The van der Waals surface area contributed by atoms with E-state index in [9.17, 15) is 4.21 Å². The summed E-state index contributed by atoms with van der Waals surface area (Å²) in [6.45, 7) is 15.4. The minimum Gasteiger partial charge on any atom is -0.379 e. The standard InChI is InChI=1S/C16H34N4O2S.HI/c1-15(2,3)23(21)12-7-18-14(17-6)19-13-16(4,5)20-8-10-22-11-9-20;/h7-13H2,1-6H3,(H2,17,18,19);1H. The van der Waals surface area contributed by atoms with Gasteiger partial charge in [0, 0.05) is 60.1 Å². The molecule has 8 heteroatoms. The highest BCUT2D eigenvalue weighted by molar-refractivity contribution is 14.0. The molecule has 0 aliphatic carbocycles. The van der Waals surface area contributed by atoms with Crippen molar-refractivity contribution in [3.8, 4) is 0 Å². The number of nitrogens with zero attached hydrogens (tertiary/aromatic N) is 2. The molecular formula is C16H35IN4O2S. The first kappa shape index (κ1) is 24.1. The molecule has 1 fully saturated rings. The first-order chi connectivity index (χ1) is 10.7. The number of hydrogen-bond donors (Lipinski definition) is 2. The van der Waals surface area contributed by atoms with Crippen LogP contribution in [0.15, 0.2) is 4.99 Å². The van der Waals surface area contributed by atoms with E-state index in [1.165, 1.54) is 0 Å². The Morgan fingerprint density at radius 1 is 1.17 bits per heavy atom. The van der Waals surface area contributed by atoms with Crippen molar-refractivity contribution in [3.05, 3.63) is 0 Å². The van der Waals surface area contributed by atoms with Gasteiger partial charge in [0.15, 0.2) is 5.96 Å². The monoisotopic (exact) mass is 474 g/mol. The fraction of sp³-hybridized carbons (Fsp3) is 0.938. The van der Waals surface area contributed by atoms with Crippen molar-refractivity contribution in [2.45, 2.75) is 44.9 Å². The molecule has 1 atom stereocenters. The number of morpholine rings is 1. The highest BCUT2D eigenvalue weighted by Gasteiger charge is 2.28. The van der Waals surface area contributed by atoms with E-state index in [0.29, 0.717) is 12.3 Å². The lowest BCUT2D eigenvalue weighted by molar-refractivity contribution is -0.00833. The number of aliphatic imine (C=N–C) groups is 1. The molecule has 1 saturated heterocycles. The molecule has 0 bridgehead atoms. The summed E-state index contributed by atoms with van der Waals surface area (Å²) >= 11 is 0. The maximum absolute atomic E-state index is 12.1. The van der Waals surface area contributed by atoms with Crippen LogP contribution in [0.25, 0.3) is 0 Å². The molecule has 1 unspecified atom stereocenters. The summed E-state index contributed by atoms with van der Waals surface area (Å²) < 4.78 is 17.3. The van der Waals surface area contributed by atoms with Crippen molar-refractivity contribution in [1.29, 1.82) is 0 Å². The molecule has 0 spiro atoms. The van der Waals surface area contributed by atoms with E-state index >= 15 is 0 Å². The molecule has 0 radical (unpaired) electrons. The zero-order valence-electron chi connectivity index (χ0n) is 16.0. The minimum absolute atomic E-state index is 0. The first-order valence-electron chi connectivity index (χ1n) is 8.32. The molecule has 2 N–H and O–H groups in total. The Labute approximate surface area is 167 Å². The van der Waals surface area contributed by atoms with Gasteiger partial charge in [0.25, 0.3) is 0 Å². The van der Waals surface area contributed by atoms with Crippen molar-refractivity contribution in [1.82, 2.24) is 15.5 Å². The van der Waals surface area contributed by atoms with Gasteiger partial charge in [0.1, 0.15) is 0 Å². The summed E-state index contributed by atoms with van der Waals surface area (Å²) in [6, 6.07) is 0. The molecule has 0 amide bonds. The molecule has 0 aromatic carbocycles. The van der Waals surface area contributed by atoms with E-state index in [0.717, 1.165) is 38.8 Å². The van der Waals surface area contributed by atoms with Gasteiger partial charge in [-0.2, -0.15) is 0 Å². The third kappa shape index (κ3) is 8.44. The van der Waals surface area contributed by atoms with Crippen LogP contribution in [0.5, 0.6) is 0 Å². The number of nitrogens with one attached hydrogen (secondary N) is 2. The van der Waals surface area contributed by atoms with Gasteiger partial charge in [-0.15, -0.1) is 24.0 Å². The fourth-order valence-corrected chi connectivity index (χ4v) is 3.27. The van der Waals surface area contributed by atoms with Crippen LogP contribution < -0.4 is 10.6 Å². The fourth-order valence-electron chi connectivity index (χ4n) is 2.37. The Morgan fingerprint density at radius 3 is 2.25 bits per heavy atom. The maximum atomic E-state index is 12.1. The van der Waals surface area contributed by atoms with Crippen LogP contribution in [0.1, 0.15) is 34.6 Å². The smallest absolute Gasteiger partial charge is 0.191 e. The lowest BCUT2D eigenvalue weighted by atomic mass is 10.0. The Balaban J connectivity index is 0.00000529. The summed E-state index contributed by atoms with van der Waals surface area (Å²) in [5.41, 5.74) is 0.0373. The molecule has 24 heavy (non-hydrogen) atoms. The van der Waals surface area contributed by atoms with Crippen LogP contribution in [0.2, 0.25) is 0 Å². The second kappa shape index (κ2) is 10.9. The predicted molar refractivity (Wildman–Crippen MR) is 114 cm³/mol. The Hall–Kier alpha value is 0.0700. The van der Waals surface area contributed by atoms with Crippen LogP contribution in [-0.4, -0.2) is 77.5 Å².